The Morgan fingerprint density at radius 1 is 0.676 bits per heavy atom. The van der Waals surface area contributed by atoms with Crippen LogP contribution in [0.25, 0.3) is 0 Å². The Balaban J connectivity index is 4.22. The van der Waals surface area contributed by atoms with Crippen LogP contribution in [-0.2, 0) is 33.2 Å². The van der Waals surface area contributed by atoms with Gasteiger partial charge in [-0.1, -0.05) is 0 Å². The normalized spacial score (nSPS) is 10.3. The molecule has 17 heteroatoms. The van der Waals surface area contributed by atoms with Gasteiger partial charge >= 0.3 is 18.2 Å². The lowest BCUT2D eigenvalue weighted by molar-refractivity contribution is -0.141. The van der Waals surface area contributed by atoms with Gasteiger partial charge in [0.1, 0.15) is 19.3 Å². The zero-order chi connectivity index (χ0) is 27.7. The first kappa shape index (κ1) is 34.0. The van der Waals surface area contributed by atoms with Gasteiger partial charge in [-0.25, -0.2) is 9.59 Å². The molecule has 0 fully saturated rings. The lowest BCUT2D eigenvalue weighted by Gasteiger charge is -2.18. The Hall–Kier alpha value is -3.04. The molecular weight excluding hydrogens is 494 g/mol. The molecule has 15 nitrogen and oxygen atoms in total. The third-order valence-electron chi connectivity index (χ3n) is 4.18. The largest absolute Gasteiger partial charge is 0.469 e. The highest BCUT2D eigenvalue weighted by Gasteiger charge is 2.16. The van der Waals surface area contributed by atoms with Crippen LogP contribution in [0, 0.1) is 0 Å². The van der Waals surface area contributed by atoms with Crippen molar-refractivity contribution in [1.82, 2.24) is 21.3 Å². The van der Waals surface area contributed by atoms with Gasteiger partial charge in [-0.05, 0) is 6.42 Å². The van der Waals surface area contributed by atoms with Crippen LogP contribution in [-0.4, -0.2) is 131 Å². The second-order valence-electron chi connectivity index (χ2n) is 7.41. The minimum absolute atomic E-state index is 0.149. The van der Waals surface area contributed by atoms with E-state index >= 15 is 0 Å². The van der Waals surface area contributed by atoms with E-state index in [1.165, 1.54) is 22.8 Å². The standard InChI is InChI=1S/C20H38B2N4O11/c1-32-16(27)3-2-8-35-15(13-36-19(30)25-6-11-33-9-4-23-17(21)28)14-37-20(31)26-7-12-34-10-5-24-18(22)29/h15H,2-14,21-22H2,1H3,(H,23,28)(H,24,29)(H,25,30)(H,26,31). The molecule has 0 aliphatic rings. The van der Waals surface area contributed by atoms with Gasteiger partial charge < -0.3 is 49.7 Å². The van der Waals surface area contributed by atoms with E-state index in [1.54, 1.807) is 0 Å². The van der Waals surface area contributed by atoms with E-state index in [-0.39, 0.29) is 70.1 Å². The molecule has 0 aliphatic heterocycles. The van der Waals surface area contributed by atoms with E-state index in [0.717, 1.165) is 0 Å². The second-order valence-corrected chi connectivity index (χ2v) is 7.41. The summed E-state index contributed by atoms with van der Waals surface area (Å²) in [6, 6.07) is 0. The summed E-state index contributed by atoms with van der Waals surface area (Å²) in [5.41, 5.74) is 0. The Labute approximate surface area is 218 Å². The maximum Gasteiger partial charge on any atom is 0.407 e. The van der Waals surface area contributed by atoms with Crippen LogP contribution in [0.2, 0.25) is 0 Å². The highest BCUT2D eigenvalue weighted by molar-refractivity contribution is 6.57. The molecule has 0 unspecified atom stereocenters. The molecule has 0 bridgehead atoms. The van der Waals surface area contributed by atoms with Gasteiger partial charge in [-0.3, -0.25) is 14.4 Å². The number of carbonyl (C=O) groups is 5. The van der Waals surface area contributed by atoms with Gasteiger partial charge in [0.15, 0.2) is 11.6 Å². The summed E-state index contributed by atoms with van der Waals surface area (Å²) in [6.07, 6.45) is -1.68. The van der Waals surface area contributed by atoms with Gasteiger partial charge in [-0.15, -0.1) is 0 Å². The molecule has 0 radical (unpaired) electrons. The fourth-order valence-corrected chi connectivity index (χ4v) is 2.41. The van der Waals surface area contributed by atoms with Crippen molar-refractivity contribution in [1.29, 1.82) is 0 Å². The molecule has 0 heterocycles. The fourth-order valence-electron chi connectivity index (χ4n) is 2.41. The molecule has 0 aromatic rings. The predicted molar refractivity (Wildman–Crippen MR) is 135 cm³/mol. The van der Waals surface area contributed by atoms with Crippen molar-refractivity contribution >= 4 is 45.5 Å². The number of rotatable bonds is 21. The number of methoxy groups -OCH3 is 1. The molecule has 0 rings (SSSR count). The molecule has 0 aliphatic carbocycles. The zero-order valence-corrected chi connectivity index (χ0v) is 21.8. The van der Waals surface area contributed by atoms with E-state index in [1.807, 2.05) is 0 Å². The summed E-state index contributed by atoms with van der Waals surface area (Å²) in [6.45, 7) is 1.93. The number of hydrogen-bond donors (Lipinski definition) is 4. The molecular formula is C20H38B2N4O11. The zero-order valence-electron chi connectivity index (χ0n) is 21.8. The van der Waals surface area contributed by atoms with Gasteiger partial charge in [0.25, 0.3) is 0 Å². The Morgan fingerprint density at radius 3 is 1.51 bits per heavy atom. The number of amides is 4. The smallest absolute Gasteiger partial charge is 0.407 e. The maximum absolute atomic E-state index is 11.9. The van der Waals surface area contributed by atoms with Crippen LogP contribution in [0.5, 0.6) is 0 Å². The monoisotopic (exact) mass is 532 g/mol. The Kier molecular flexibility index (Phi) is 21.4. The topological polar surface area (TPSA) is 189 Å². The van der Waals surface area contributed by atoms with Crippen LogP contribution in [0.3, 0.4) is 0 Å². The molecule has 0 saturated heterocycles. The average molecular weight is 532 g/mol. The van der Waals surface area contributed by atoms with Crippen LogP contribution in [0.15, 0.2) is 0 Å². The number of carbonyl (C=O) groups excluding carboxylic acids is 5. The first-order valence-corrected chi connectivity index (χ1v) is 11.9. The van der Waals surface area contributed by atoms with Crippen molar-refractivity contribution in [2.45, 2.75) is 18.9 Å². The Bertz CT molecular complexity index is 645. The molecule has 0 aromatic carbocycles. The van der Waals surface area contributed by atoms with E-state index in [9.17, 15) is 24.0 Å². The van der Waals surface area contributed by atoms with Crippen molar-refractivity contribution in [3.8, 4) is 0 Å². The summed E-state index contributed by atoms with van der Waals surface area (Å²) in [7, 11) is 4.09. The summed E-state index contributed by atoms with van der Waals surface area (Å²) >= 11 is 0. The predicted octanol–water partition coefficient (Wildman–Crippen LogP) is -2.50. The van der Waals surface area contributed by atoms with Crippen LogP contribution in [0.1, 0.15) is 12.8 Å². The maximum atomic E-state index is 11.9. The number of nitrogens with one attached hydrogen (secondary N) is 4. The lowest BCUT2D eigenvalue weighted by atomic mass is 10.1. The third kappa shape index (κ3) is 24.4. The summed E-state index contributed by atoms with van der Waals surface area (Å²) < 4.78 is 30.9. The van der Waals surface area contributed by atoms with E-state index < -0.39 is 18.3 Å². The van der Waals surface area contributed by atoms with E-state index in [2.05, 4.69) is 26.0 Å². The molecule has 0 spiro atoms. The minimum Gasteiger partial charge on any atom is -0.469 e. The van der Waals surface area contributed by atoms with Crippen molar-refractivity contribution < 1.29 is 52.4 Å². The van der Waals surface area contributed by atoms with Gasteiger partial charge in [-0.2, -0.15) is 0 Å². The first-order valence-electron chi connectivity index (χ1n) is 11.9. The molecule has 210 valence electrons. The van der Waals surface area contributed by atoms with E-state index in [0.29, 0.717) is 32.7 Å². The SMILES string of the molecule is BC(=O)NCCOCCNC(=O)OCC(COC(=O)NCCOCCNC(B)=O)OCCCC(=O)OC. The number of esters is 1. The molecule has 0 aromatic heterocycles. The van der Waals surface area contributed by atoms with Crippen LogP contribution < -0.4 is 21.3 Å². The summed E-state index contributed by atoms with van der Waals surface area (Å²) in [5, 5.41) is 10.2. The molecule has 0 saturated carbocycles. The third-order valence-corrected chi connectivity index (χ3v) is 4.18. The quantitative estimate of drug-likeness (QED) is 0.0529. The summed E-state index contributed by atoms with van der Waals surface area (Å²) in [5.74, 6) is -0.693. The Morgan fingerprint density at radius 2 is 1.11 bits per heavy atom. The highest BCUT2D eigenvalue weighted by atomic mass is 16.6. The minimum atomic E-state index is -0.767. The fraction of sp³-hybridized carbons (Fsp3) is 0.750. The van der Waals surface area contributed by atoms with Crippen LogP contribution in [0.4, 0.5) is 19.2 Å². The van der Waals surface area contributed by atoms with Gasteiger partial charge in [0, 0.05) is 39.2 Å². The molecule has 4 N–H and O–H groups in total. The van der Waals surface area contributed by atoms with Crippen molar-refractivity contribution in [2.24, 2.45) is 0 Å². The van der Waals surface area contributed by atoms with Crippen molar-refractivity contribution in [2.75, 3.05) is 79.5 Å². The second kappa shape index (κ2) is 23.4. The molecule has 4 amide bonds. The van der Waals surface area contributed by atoms with Crippen molar-refractivity contribution in [3.05, 3.63) is 0 Å². The van der Waals surface area contributed by atoms with E-state index in [4.69, 9.17) is 23.7 Å². The van der Waals surface area contributed by atoms with Gasteiger partial charge in [0.2, 0.25) is 15.7 Å². The summed E-state index contributed by atoms with van der Waals surface area (Å²) in [4.78, 5) is 56.5. The number of alkyl carbamates (subject to hydrolysis) is 2. The van der Waals surface area contributed by atoms with Crippen LogP contribution >= 0.6 is 0 Å². The molecule has 37 heavy (non-hydrogen) atoms. The molecule has 0 atom stereocenters. The van der Waals surface area contributed by atoms with Crippen molar-refractivity contribution in [3.63, 3.8) is 0 Å². The van der Waals surface area contributed by atoms with Gasteiger partial charge in [0.05, 0.1) is 33.5 Å². The number of hydrogen-bond acceptors (Lipinski definition) is 11. The lowest BCUT2D eigenvalue weighted by Crippen LogP contribution is -2.36. The first-order chi connectivity index (χ1) is 17.7. The average Bonchev–Trinajstić information content (AvgIpc) is 2.85. The highest BCUT2D eigenvalue weighted by Crippen LogP contribution is 2.01. The number of ether oxygens (including phenoxy) is 6.